The Kier molecular flexibility index (Phi) is 4.47. The zero-order valence-corrected chi connectivity index (χ0v) is 8.37. The highest BCUT2D eigenvalue weighted by atomic mass is 32.2. The van der Waals surface area contributed by atoms with Crippen molar-refractivity contribution in [1.82, 2.24) is 0 Å². The summed E-state index contributed by atoms with van der Waals surface area (Å²) in [5, 5.41) is 17.2. The molecule has 0 radical (unpaired) electrons. The molecular formula is C6H10O4S2. The Bertz CT molecular complexity index is 188. The molecule has 0 saturated heterocycles. The first-order valence-electron chi connectivity index (χ1n) is 3.04. The Morgan fingerprint density at radius 1 is 1.25 bits per heavy atom. The first-order valence-corrected chi connectivity index (χ1v) is 5.49. The van der Waals surface area contributed by atoms with Crippen LogP contribution in [0.4, 0.5) is 0 Å². The van der Waals surface area contributed by atoms with Crippen LogP contribution in [0.3, 0.4) is 0 Å². The maximum atomic E-state index is 10.7. The topological polar surface area (TPSA) is 74.6 Å². The molecule has 0 heterocycles. The van der Waals surface area contributed by atoms with E-state index in [9.17, 15) is 9.59 Å². The van der Waals surface area contributed by atoms with Crippen LogP contribution in [0.25, 0.3) is 0 Å². The molecule has 0 aromatic carbocycles. The van der Waals surface area contributed by atoms with Crippen molar-refractivity contribution >= 4 is 35.5 Å². The van der Waals surface area contributed by atoms with E-state index in [0.29, 0.717) is 0 Å². The minimum Gasteiger partial charge on any atom is -0.481 e. The van der Waals surface area contributed by atoms with E-state index >= 15 is 0 Å². The molecule has 0 spiro atoms. The lowest BCUT2D eigenvalue weighted by molar-refractivity contribution is -0.143. The van der Waals surface area contributed by atoms with E-state index in [0.717, 1.165) is 23.5 Å². The van der Waals surface area contributed by atoms with Gasteiger partial charge in [-0.15, -0.1) is 23.5 Å². The highest BCUT2D eigenvalue weighted by Gasteiger charge is 2.39. The SMILES string of the molecule is CSC(CC(=O)O)(SC)C(=O)O. The van der Waals surface area contributed by atoms with Crippen molar-refractivity contribution in [1.29, 1.82) is 0 Å². The van der Waals surface area contributed by atoms with Crippen molar-refractivity contribution in [3.05, 3.63) is 0 Å². The van der Waals surface area contributed by atoms with E-state index in [2.05, 4.69) is 0 Å². The maximum absolute atomic E-state index is 10.7. The number of rotatable bonds is 5. The van der Waals surface area contributed by atoms with Crippen molar-refractivity contribution < 1.29 is 19.8 Å². The Morgan fingerprint density at radius 3 is 1.75 bits per heavy atom. The van der Waals surface area contributed by atoms with E-state index in [1.807, 2.05) is 0 Å². The highest BCUT2D eigenvalue weighted by Crippen LogP contribution is 2.37. The van der Waals surface area contributed by atoms with Gasteiger partial charge in [0.1, 0.15) is 0 Å². The molecular weight excluding hydrogens is 200 g/mol. The summed E-state index contributed by atoms with van der Waals surface area (Å²) in [6.45, 7) is 0. The second kappa shape index (κ2) is 4.61. The van der Waals surface area contributed by atoms with E-state index in [-0.39, 0.29) is 6.42 Å². The molecule has 0 aliphatic rings. The highest BCUT2D eigenvalue weighted by molar-refractivity contribution is 8.18. The second-order valence-electron chi connectivity index (χ2n) is 2.04. The molecule has 4 nitrogen and oxygen atoms in total. The third kappa shape index (κ3) is 2.60. The molecule has 0 amide bonds. The van der Waals surface area contributed by atoms with Gasteiger partial charge in [0.05, 0.1) is 6.42 Å². The molecule has 70 valence electrons. The van der Waals surface area contributed by atoms with Gasteiger partial charge in [-0.05, 0) is 12.5 Å². The smallest absolute Gasteiger partial charge is 0.330 e. The molecule has 0 saturated carbocycles. The van der Waals surface area contributed by atoms with Gasteiger partial charge < -0.3 is 10.2 Å². The van der Waals surface area contributed by atoms with Crippen molar-refractivity contribution in [2.45, 2.75) is 10.5 Å². The molecule has 0 fully saturated rings. The summed E-state index contributed by atoms with van der Waals surface area (Å²) in [7, 11) is 0. The van der Waals surface area contributed by atoms with Gasteiger partial charge in [0.15, 0.2) is 4.08 Å². The van der Waals surface area contributed by atoms with E-state index in [1.54, 1.807) is 12.5 Å². The molecule has 0 unspecified atom stereocenters. The Morgan fingerprint density at radius 2 is 1.67 bits per heavy atom. The van der Waals surface area contributed by atoms with Gasteiger partial charge >= 0.3 is 11.9 Å². The monoisotopic (exact) mass is 210 g/mol. The van der Waals surface area contributed by atoms with Gasteiger partial charge in [0.2, 0.25) is 0 Å². The summed E-state index contributed by atoms with van der Waals surface area (Å²) in [5.41, 5.74) is 0. The van der Waals surface area contributed by atoms with Crippen LogP contribution in [0.5, 0.6) is 0 Å². The molecule has 0 rings (SSSR count). The minimum atomic E-state index is -1.24. The molecule has 6 heteroatoms. The Hall–Kier alpha value is -0.360. The average Bonchev–Trinajstić information content (AvgIpc) is 1.99. The van der Waals surface area contributed by atoms with Crippen LogP contribution in [0.1, 0.15) is 6.42 Å². The van der Waals surface area contributed by atoms with Crippen LogP contribution in [-0.2, 0) is 9.59 Å². The van der Waals surface area contributed by atoms with Gasteiger partial charge in [-0.25, -0.2) is 4.79 Å². The standard InChI is InChI=1S/C6H10O4S2/c1-11-6(12-2,5(9)10)3-4(7)8/h3H2,1-2H3,(H,7,8)(H,9,10). The molecule has 0 aliphatic carbocycles. The Balaban J connectivity index is 4.58. The summed E-state index contributed by atoms with van der Waals surface area (Å²) in [4.78, 5) is 21.1. The van der Waals surface area contributed by atoms with Gasteiger partial charge in [-0.3, -0.25) is 4.79 Å². The van der Waals surface area contributed by atoms with Gasteiger partial charge in [0.25, 0.3) is 0 Å². The summed E-state index contributed by atoms with van der Waals surface area (Å²) < 4.78 is -1.24. The van der Waals surface area contributed by atoms with Gasteiger partial charge in [-0.1, -0.05) is 0 Å². The van der Waals surface area contributed by atoms with Crippen LogP contribution in [0, 0.1) is 0 Å². The van der Waals surface area contributed by atoms with E-state index < -0.39 is 16.0 Å². The zero-order chi connectivity index (χ0) is 9.78. The zero-order valence-electron chi connectivity index (χ0n) is 6.73. The van der Waals surface area contributed by atoms with Crippen molar-refractivity contribution in [2.75, 3.05) is 12.5 Å². The molecule has 0 aromatic heterocycles. The van der Waals surface area contributed by atoms with E-state index in [1.165, 1.54) is 0 Å². The molecule has 2 N–H and O–H groups in total. The average molecular weight is 210 g/mol. The minimum absolute atomic E-state index is 0.370. The fourth-order valence-electron chi connectivity index (χ4n) is 0.677. The van der Waals surface area contributed by atoms with Crippen LogP contribution in [-0.4, -0.2) is 38.7 Å². The number of carboxylic acid groups (broad SMARTS) is 2. The molecule has 0 bridgehead atoms. The third-order valence-electron chi connectivity index (χ3n) is 1.37. The molecule has 0 aliphatic heterocycles. The number of carbonyl (C=O) groups is 2. The molecule has 0 aromatic rings. The predicted molar refractivity (Wildman–Crippen MR) is 49.6 cm³/mol. The molecule has 0 atom stereocenters. The lowest BCUT2D eigenvalue weighted by Crippen LogP contribution is -2.33. The van der Waals surface area contributed by atoms with Gasteiger partial charge in [-0.2, -0.15) is 0 Å². The van der Waals surface area contributed by atoms with Crippen molar-refractivity contribution in [3.8, 4) is 0 Å². The van der Waals surface area contributed by atoms with Crippen molar-refractivity contribution in [2.24, 2.45) is 0 Å². The van der Waals surface area contributed by atoms with Crippen LogP contribution >= 0.6 is 23.5 Å². The Labute approximate surface area is 78.7 Å². The number of hydrogen-bond donors (Lipinski definition) is 2. The normalized spacial score (nSPS) is 11.2. The number of hydrogen-bond acceptors (Lipinski definition) is 4. The summed E-state index contributed by atoms with van der Waals surface area (Å²) in [6, 6.07) is 0. The summed E-state index contributed by atoms with van der Waals surface area (Å²) >= 11 is 2.07. The largest absolute Gasteiger partial charge is 0.481 e. The fourth-order valence-corrected chi connectivity index (χ4v) is 2.23. The lowest BCUT2D eigenvalue weighted by Gasteiger charge is -2.22. The first-order chi connectivity index (χ1) is 5.48. The number of thioether (sulfide) groups is 2. The third-order valence-corrected chi connectivity index (χ3v) is 4.33. The first kappa shape index (κ1) is 11.6. The van der Waals surface area contributed by atoms with E-state index in [4.69, 9.17) is 10.2 Å². The summed E-state index contributed by atoms with van der Waals surface area (Å²) in [6.07, 6.45) is 2.81. The maximum Gasteiger partial charge on any atom is 0.330 e. The fraction of sp³-hybridized carbons (Fsp3) is 0.667. The second-order valence-corrected chi connectivity index (χ2v) is 4.51. The number of carboxylic acids is 2. The number of aliphatic carboxylic acids is 2. The lowest BCUT2D eigenvalue weighted by atomic mass is 10.3. The van der Waals surface area contributed by atoms with Crippen LogP contribution < -0.4 is 0 Å². The summed E-state index contributed by atoms with van der Waals surface area (Å²) in [5.74, 6) is -2.19. The van der Waals surface area contributed by atoms with Gasteiger partial charge in [0, 0.05) is 0 Å². The van der Waals surface area contributed by atoms with Crippen LogP contribution in [0.15, 0.2) is 0 Å². The van der Waals surface area contributed by atoms with Crippen LogP contribution in [0.2, 0.25) is 0 Å². The van der Waals surface area contributed by atoms with Crippen molar-refractivity contribution in [3.63, 3.8) is 0 Å². The quantitative estimate of drug-likeness (QED) is 0.658. The predicted octanol–water partition coefficient (Wildman–Crippen LogP) is 0.968. The molecule has 12 heavy (non-hydrogen) atoms.